The predicted molar refractivity (Wildman–Crippen MR) is 120 cm³/mol. The molecule has 3 rings (SSSR count). The number of carbonyl (C=O) groups is 1. The molecule has 1 N–H and O–H groups in total. The third kappa shape index (κ3) is 4.98. The maximum atomic E-state index is 12.9. The molecular weight excluding hydrogens is 406 g/mol. The quantitative estimate of drug-likeness (QED) is 0.650. The normalized spacial score (nSPS) is 22.2. The Kier molecular flexibility index (Phi) is 6.63. The van der Waals surface area contributed by atoms with Crippen molar-refractivity contribution in [3.63, 3.8) is 0 Å². The van der Waals surface area contributed by atoms with E-state index in [4.69, 9.17) is 9.26 Å². The van der Waals surface area contributed by atoms with Crippen LogP contribution in [0.15, 0.2) is 50.0 Å². The van der Waals surface area contributed by atoms with Crippen molar-refractivity contribution in [3.05, 3.63) is 52.0 Å². The van der Waals surface area contributed by atoms with Crippen molar-refractivity contribution in [1.82, 2.24) is 10.5 Å². The number of aromatic nitrogens is 1. The SMILES string of the molecule is CSC1=CC2=CC(OC(SC)C(=O)NC(C)(C)c3cc(C)on3)=CC(C)C2N=C1. The standard InChI is InChI=1S/C21H27N3O3S2/c1-12-7-15(9-14-10-16(28-5)11-22-18(12)14)26-20(29-6)19(25)23-21(3,4)17-8-13(2)27-24-17/h7-12,18,20H,1-6H3,(H,23,25). The smallest absolute Gasteiger partial charge is 0.272 e. The first-order valence-corrected chi connectivity index (χ1v) is 11.9. The van der Waals surface area contributed by atoms with E-state index in [9.17, 15) is 4.79 Å². The predicted octanol–water partition coefficient (Wildman–Crippen LogP) is 4.20. The van der Waals surface area contributed by atoms with Gasteiger partial charge in [0.15, 0.2) is 0 Å². The van der Waals surface area contributed by atoms with Crippen molar-refractivity contribution in [2.45, 2.75) is 44.7 Å². The largest absolute Gasteiger partial charge is 0.470 e. The Labute approximate surface area is 180 Å². The second-order valence-electron chi connectivity index (χ2n) is 7.67. The molecule has 6 nitrogen and oxygen atoms in total. The molecule has 2 aliphatic rings. The molecule has 0 saturated heterocycles. The van der Waals surface area contributed by atoms with E-state index < -0.39 is 11.0 Å². The van der Waals surface area contributed by atoms with Crippen LogP contribution < -0.4 is 5.32 Å². The molecule has 29 heavy (non-hydrogen) atoms. The van der Waals surface area contributed by atoms with Crippen LogP contribution in [0.2, 0.25) is 0 Å². The Morgan fingerprint density at radius 1 is 1.34 bits per heavy atom. The van der Waals surface area contributed by atoms with E-state index in [1.54, 1.807) is 11.8 Å². The minimum Gasteiger partial charge on any atom is -0.470 e. The summed E-state index contributed by atoms with van der Waals surface area (Å²) in [5.74, 6) is 1.39. The Bertz CT molecular complexity index is 899. The maximum absolute atomic E-state index is 12.9. The number of allylic oxidation sites excluding steroid dienone is 2. The van der Waals surface area contributed by atoms with E-state index in [1.807, 2.05) is 57.7 Å². The van der Waals surface area contributed by atoms with Gasteiger partial charge in [-0.1, -0.05) is 12.1 Å². The zero-order valence-corrected chi connectivity index (χ0v) is 19.2. The summed E-state index contributed by atoms with van der Waals surface area (Å²) in [6.07, 6.45) is 12.0. The number of nitrogens with one attached hydrogen (secondary N) is 1. The second kappa shape index (κ2) is 8.83. The second-order valence-corrected chi connectivity index (χ2v) is 9.45. The number of aliphatic imine (C=N–C) groups is 1. The summed E-state index contributed by atoms with van der Waals surface area (Å²) in [7, 11) is 0. The van der Waals surface area contributed by atoms with Crippen LogP contribution in [0.3, 0.4) is 0 Å². The number of rotatable bonds is 7. The summed E-state index contributed by atoms with van der Waals surface area (Å²) in [5, 5.41) is 7.05. The molecule has 3 atom stereocenters. The highest BCUT2D eigenvalue weighted by Gasteiger charge is 2.32. The molecule has 1 aromatic rings. The Morgan fingerprint density at radius 3 is 2.72 bits per heavy atom. The summed E-state index contributed by atoms with van der Waals surface area (Å²) >= 11 is 3.01. The topological polar surface area (TPSA) is 76.7 Å². The van der Waals surface area contributed by atoms with Crippen molar-refractivity contribution < 1.29 is 14.1 Å². The van der Waals surface area contributed by atoms with Crippen molar-refractivity contribution in [2.24, 2.45) is 10.9 Å². The minimum atomic E-state index is -0.676. The number of nitrogens with zero attached hydrogens (tertiary/aromatic N) is 2. The first kappa shape index (κ1) is 21.8. The maximum Gasteiger partial charge on any atom is 0.272 e. The van der Waals surface area contributed by atoms with Crippen molar-refractivity contribution in [2.75, 3.05) is 12.5 Å². The van der Waals surface area contributed by atoms with Crippen LogP contribution in [0.1, 0.15) is 32.2 Å². The highest BCUT2D eigenvalue weighted by molar-refractivity contribution is 8.03. The molecule has 0 radical (unpaired) electrons. The zero-order chi connectivity index (χ0) is 21.2. The fourth-order valence-electron chi connectivity index (χ4n) is 3.26. The molecule has 2 heterocycles. The van der Waals surface area contributed by atoms with Gasteiger partial charge in [-0.3, -0.25) is 9.79 Å². The average molecular weight is 434 g/mol. The summed E-state index contributed by atoms with van der Waals surface area (Å²) in [6.45, 7) is 7.72. The molecule has 0 saturated carbocycles. The Hall–Kier alpha value is -1.93. The number of hydrogen-bond acceptors (Lipinski definition) is 7. The van der Waals surface area contributed by atoms with Crippen LogP contribution in [-0.4, -0.2) is 41.3 Å². The van der Waals surface area contributed by atoms with Gasteiger partial charge in [0.1, 0.15) is 17.2 Å². The van der Waals surface area contributed by atoms with Gasteiger partial charge in [0.25, 0.3) is 5.91 Å². The van der Waals surface area contributed by atoms with Crippen LogP contribution >= 0.6 is 23.5 Å². The van der Waals surface area contributed by atoms with Gasteiger partial charge < -0.3 is 14.6 Å². The van der Waals surface area contributed by atoms with Gasteiger partial charge in [0, 0.05) is 23.1 Å². The highest BCUT2D eigenvalue weighted by atomic mass is 32.2. The average Bonchev–Trinajstić information content (AvgIpc) is 3.12. The minimum absolute atomic E-state index is 0.106. The Balaban J connectivity index is 1.72. The molecule has 1 aromatic heterocycles. The zero-order valence-electron chi connectivity index (χ0n) is 17.6. The molecule has 1 aliphatic heterocycles. The first-order chi connectivity index (χ1) is 13.7. The summed E-state index contributed by atoms with van der Waals surface area (Å²) in [4.78, 5) is 18.7. The molecule has 0 aromatic carbocycles. The lowest BCUT2D eigenvalue weighted by atomic mass is 9.88. The molecule has 0 spiro atoms. The summed E-state index contributed by atoms with van der Waals surface area (Å²) in [6, 6.07) is 1.93. The monoisotopic (exact) mass is 433 g/mol. The fraction of sp³-hybridized carbons (Fsp3) is 0.476. The molecule has 0 fully saturated rings. The van der Waals surface area contributed by atoms with Crippen LogP contribution in [0, 0.1) is 12.8 Å². The first-order valence-electron chi connectivity index (χ1n) is 9.41. The number of fused-ring (bicyclic) bond motifs is 1. The summed E-state index contributed by atoms with van der Waals surface area (Å²) in [5.41, 5.74) is 0.442. The molecule has 3 unspecified atom stereocenters. The number of ether oxygens (including phenoxy) is 1. The van der Waals surface area contributed by atoms with Gasteiger partial charge in [0.2, 0.25) is 5.44 Å². The van der Waals surface area contributed by atoms with Gasteiger partial charge in [0.05, 0.1) is 11.6 Å². The van der Waals surface area contributed by atoms with Crippen molar-refractivity contribution >= 4 is 35.6 Å². The molecule has 156 valence electrons. The van der Waals surface area contributed by atoms with Gasteiger partial charge in [-0.2, -0.15) is 0 Å². The highest BCUT2D eigenvalue weighted by Crippen LogP contribution is 2.33. The van der Waals surface area contributed by atoms with Crippen LogP contribution in [0.4, 0.5) is 0 Å². The van der Waals surface area contributed by atoms with Gasteiger partial charge >= 0.3 is 0 Å². The lowest BCUT2D eigenvalue weighted by molar-refractivity contribution is -0.127. The van der Waals surface area contributed by atoms with E-state index >= 15 is 0 Å². The van der Waals surface area contributed by atoms with E-state index in [0.29, 0.717) is 17.2 Å². The molecule has 1 aliphatic carbocycles. The number of amides is 1. The van der Waals surface area contributed by atoms with Crippen LogP contribution in [0.5, 0.6) is 0 Å². The third-order valence-corrected chi connectivity index (χ3v) is 6.29. The molecular formula is C21H27N3O3S2. The van der Waals surface area contributed by atoms with Crippen molar-refractivity contribution in [1.29, 1.82) is 0 Å². The van der Waals surface area contributed by atoms with E-state index in [-0.39, 0.29) is 17.9 Å². The number of carbonyl (C=O) groups excluding carboxylic acids is 1. The molecule has 1 amide bonds. The lowest BCUT2D eigenvalue weighted by Crippen LogP contribution is -2.46. The van der Waals surface area contributed by atoms with Gasteiger partial charge in [-0.05, 0) is 57.1 Å². The third-order valence-electron chi connectivity index (χ3n) is 4.86. The number of hydrogen-bond donors (Lipinski definition) is 1. The van der Waals surface area contributed by atoms with Crippen LogP contribution in [0.25, 0.3) is 0 Å². The molecule has 0 bridgehead atoms. The van der Waals surface area contributed by atoms with E-state index in [0.717, 1.165) is 10.5 Å². The molecule has 8 heteroatoms. The van der Waals surface area contributed by atoms with Crippen LogP contribution in [-0.2, 0) is 15.1 Å². The van der Waals surface area contributed by atoms with E-state index in [1.165, 1.54) is 11.8 Å². The Morgan fingerprint density at radius 2 is 2.10 bits per heavy atom. The van der Waals surface area contributed by atoms with E-state index in [2.05, 4.69) is 28.5 Å². The van der Waals surface area contributed by atoms with Crippen molar-refractivity contribution in [3.8, 4) is 0 Å². The van der Waals surface area contributed by atoms with Gasteiger partial charge in [-0.25, -0.2) is 0 Å². The summed E-state index contributed by atoms with van der Waals surface area (Å²) < 4.78 is 11.2. The van der Waals surface area contributed by atoms with Gasteiger partial charge in [-0.15, -0.1) is 23.5 Å². The lowest BCUT2D eigenvalue weighted by Gasteiger charge is -2.30. The fourth-order valence-corrected chi connectivity index (χ4v) is 4.17. The number of thioether (sulfide) groups is 2. The number of dihydropyridines is 1. The number of aryl methyl sites for hydroxylation is 1.